The van der Waals surface area contributed by atoms with E-state index in [1.165, 1.54) is 0 Å². The predicted molar refractivity (Wildman–Crippen MR) is 75.8 cm³/mol. The van der Waals surface area contributed by atoms with E-state index in [1.807, 2.05) is 12.1 Å². The molecule has 1 aliphatic heterocycles. The number of nitrogens with zero attached hydrogens (tertiary/aromatic N) is 1. The molecule has 1 aromatic carbocycles. The molecule has 0 unspecified atom stereocenters. The van der Waals surface area contributed by atoms with Crippen molar-refractivity contribution in [1.82, 2.24) is 10.2 Å². The Labute approximate surface area is 118 Å². The molecule has 19 heavy (non-hydrogen) atoms. The largest absolute Gasteiger partial charge is 0.496 e. The highest BCUT2D eigenvalue weighted by Crippen LogP contribution is 2.34. The van der Waals surface area contributed by atoms with E-state index in [4.69, 9.17) is 16.3 Å². The molecule has 0 saturated carbocycles. The van der Waals surface area contributed by atoms with Gasteiger partial charge in [0.05, 0.1) is 13.8 Å². The fraction of sp³-hybridized carbons (Fsp3) is 0.571. The van der Waals surface area contributed by atoms with Gasteiger partial charge < -0.3 is 10.1 Å². The van der Waals surface area contributed by atoms with Gasteiger partial charge in [0, 0.05) is 42.8 Å². The topological polar surface area (TPSA) is 24.5 Å². The van der Waals surface area contributed by atoms with Crippen LogP contribution in [0.25, 0.3) is 0 Å². The molecule has 0 amide bonds. The molecule has 1 aliphatic rings. The standard InChI is InChI=1S/C14H20ClFN2O/c1-19-14-3-2-11(15)10-12(14)13(4-5-16)18-8-6-17-7-9-18/h2-3,10,13,17H,4-9H2,1H3/t13-/m1/s1. The third-order valence-corrected chi connectivity index (χ3v) is 3.76. The molecule has 106 valence electrons. The molecule has 1 N–H and O–H groups in total. The average molecular weight is 287 g/mol. The molecule has 5 heteroatoms. The number of ether oxygens (including phenoxy) is 1. The number of halogens is 2. The number of nitrogens with one attached hydrogen (secondary N) is 1. The van der Waals surface area contributed by atoms with E-state index in [-0.39, 0.29) is 12.7 Å². The van der Waals surface area contributed by atoms with Gasteiger partial charge in [0.15, 0.2) is 0 Å². The van der Waals surface area contributed by atoms with Crippen molar-refractivity contribution < 1.29 is 9.13 Å². The lowest BCUT2D eigenvalue weighted by Crippen LogP contribution is -2.45. The minimum Gasteiger partial charge on any atom is -0.496 e. The van der Waals surface area contributed by atoms with Crippen molar-refractivity contribution in [3.63, 3.8) is 0 Å². The van der Waals surface area contributed by atoms with Gasteiger partial charge in [0.2, 0.25) is 0 Å². The second kappa shape index (κ2) is 7.08. The molecule has 1 fully saturated rings. The first kappa shape index (κ1) is 14.6. The molecule has 0 bridgehead atoms. The van der Waals surface area contributed by atoms with Gasteiger partial charge in [-0.05, 0) is 24.6 Å². The second-order valence-corrected chi connectivity index (χ2v) is 5.10. The summed E-state index contributed by atoms with van der Waals surface area (Å²) in [6, 6.07) is 5.57. The Morgan fingerprint density at radius 2 is 2.16 bits per heavy atom. The molecule has 1 aromatic rings. The van der Waals surface area contributed by atoms with E-state index < -0.39 is 0 Å². The van der Waals surface area contributed by atoms with E-state index in [2.05, 4.69) is 10.2 Å². The predicted octanol–water partition coefficient (Wildman–Crippen LogP) is 2.65. The first-order valence-electron chi connectivity index (χ1n) is 6.60. The van der Waals surface area contributed by atoms with Gasteiger partial charge in [0.1, 0.15) is 5.75 Å². The first-order valence-corrected chi connectivity index (χ1v) is 6.98. The van der Waals surface area contributed by atoms with Crippen molar-refractivity contribution in [2.45, 2.75) is 12.5 Å². The second-order valence-electron chi connectivity index (χ2n) is 4.67. The number of alkyl halides is 1. The zero-order valence-corrected chi connectivity index (χ0v) is 11.9. The monoisotopic (exact) mass is 286 g/mol. The summed E-state index contributed by atoms with van der Waals surface area (Å²) >= 11 is 6.08. The molecular weight excluding hydrogens is 267 g/mol. The molecule has 0 aliphatic carbocycles. The molecule has 1 saturated heterocycles. The first-order chi connectivity index (χ1) is 9.26. The Balaban J connectivity index is 2.28. The van der Waals surface area contributed by atoms with Crippen LogP contribution in [0.5, 0.6) is 5.75 Å². The summed E-state index contributed by atoms with van der Waals surface area (Å²) in [4.78, 5) is 2.30. The summed E-state index contributed by atoms with van der Waals surface area (Å²) in [5, 5.41) is 3.97. The fourth-order valence-corrected chi connectivity index (χ4v) is 2.78. The number of methoxy groups -OCH3 is 1. The third kappa shape index (κ3) is 3.59. The van der Waals surface area contributed by atoms with Crippen molar-refractivity contribution in [2.24, 2.45) is 0 Å². The van der Waals surface area contributed by atoms with Crippen molar-refractivity contribution in [3.8, 4) is 5.75 Å². The summed E-state index contributed by atoms with van der Waals surface area (Å²) in [7, 11) is 1.64. The van der Waals surface area contributed by atoms with E-state index in [0.717, 1.165) is 37.5 Å². The number of hydrogen-bond donors (Lipinski definition) is 1. The zero-order valence-electron chi connectivity index (χ0n) is 11.2. The quantitative estimate of drug-likeness (QED) is 0.901. The third-order valence-electron chi connectivity index (χ3n) is 3.53. The van der Waals surface area contributed by atoms with Crippen LogP contribution in [0.3, 0.4) is 0 Å². The minimum absolute atomic E-state index is 0.0285. The number of piperazine rings is 1. The molecule has 0 radical (unpaired) electrons. The van der Waals surface area contributed by atoms with Crippen molar-refractivity contribution in [1.29, 1.82) is 0 Å². The maximum atomic E-state index is 12.9. The fourth-order valence-electron chi connectivity index (χ4n) is 2.60. The molecule has 2 rings (SSSR count). The van der Waals surface area contributed by atoms with Crippen molar-refractivity contribution >= 4 is 11.6 Å². The van der Waals surface area contributed by atoms with Crippen LogP contribution in [-0.4, -0.2) is 44.9 Å². The normalized spacial score (nSPS) is 18.3. The molecule has 3 nitrogen and oxygen atoms in total. The Bertz CT molecular complexity index is 410. The van der Waals surface area contributed by atoms with E-state index >= 15 is 0 Å². The Morgan fingerprint density at radius 3 is 2.79 bits per heavy atom. The minimum atomic E-state index is -0.343. The van der Waals surface area contributed by atoms with E-state index in [9.17, 15) is 4.39 Å². The molecule has 1 atom stereocenters. The van der Waals surface area contributed by atoms with Crippen LogP contribution in [0, 0.1) is 0 Å². The lowest BCUT2D eigenvalue weighted by atomic mass is 10.0. The highest BCUT2D eigenvalue weighted by Gasteiger charge is 2.24. The van der Waals surface area contributed by atoms with Crippen LogP contribution in [0.1, 0.15) is 18.0 Å². The summed E-state index contributed by atoms with van der Waals surface area (Å²) in [5.74, 6) is 0.779. The Morgan fingerprint density at radius 1 is 1.42 bits per heavy atom. The SMILES string of the molecule is COc1ccc(Cl)cc1[C@@H](CCF)N1CCNCC1. The number of rotatable bonds is 5. The number of hydrogen-bond acceptors (Lipinski definition) is 3. The van der Waals surface area contributed by atoms with Crippen molar-refractivity contribution in [3.05, 3.63) is 28.8 Å². The molecular formula is C14H20ClFN2O. The Kier molecular flexibility index (Phi) is 5.43. The van der Waals surface area contributed by atoms with Crippen LogP contribution in [0.15, 0.2) is 18.2 Å². The van der Waals surface area contributed by atoms with Crippen LogP contribution < -0.4 is 10.1 Å². The lowest BCUT2D eigenvalue weighted by Gasteiger charge is -2.35. The maximum Gasteiger partial charge on any atom is 0.123 e. The highest BCUT2D eigenvalue weighted by atomic mass is 35.5. The molecule has 1 heterocycles. The lowest BCUT2D eigenvalue weighted by molar-refractivity contribution is 0.155. The van der Waals surface area contributed by atoms with Gasteiger partial charge in [-0.3, -0.25) is 9.29 Å². The van der Waals surface area contributed by atoms with Crippen LogP contribution in [0.2, 0.25) is 5.02 Å². The van der Waals surface area contributed by atoms with Gasteiger partial charge in [-0.25, -0.2) is 0 Å². The number of benzene rings is 1. The molecule has 0 aromatic heterocycles. The van der Waals surface area contributed by atoms with Gasteiger partial charge in [-0.15, -0.1) is 0 Å². The van der Waals surface area contributed by atoms with Crippen LogP contribution >= 0.6 is 11.6 Å². The zero-order chi connectivity index (χ0) is 13.7. The van der Waals surface area contributed by atoms with Gasteiger partial charge in [-0.2, -0.15) is 0 Å². The Hall–Kier alpha value is -0.840. The summed E-state index contributed by atoms with van der Waals surface area (Å²) in [5.41, 5.74) is 0.981. The van der Waals surface area contributed by atoms with E-state index in [0.29, 0.717) is 11.4 Å². The van der Waals surface area contributed by atoms with Gasteiger partial charge in [-0.1, -0.05) is 11.6 Å². The summed E-state index contributed by atoms with van der Waals surface area (Å²) in [6.07, 6.45) is 0.469. The summed E-state index contributed by atoms with van der Waals surface area (Å²) in [6.45, 7) is 3.36. The maximum absolute atomic E-state index is 12.9. The van der Waals surface area contributed by atoms with Gasteiger partial charge in [0.25, 0.3) is 0 Å². The van der Waals surface area contributed by atoms with E-state index in [1.54, 1.807) is 13.2 Å². The highest BCUT2D eigenvalue weighted by molar-refractivity contribution is 6.30. The van der Waals surface area contributed by atoms with Gasteiger partial charge >= 0.3 is 0 Å². The summed E-state index contributed by atoms with van der Waals surface area (Å²) < 4.78 is 18.3. The van der Waals surface area contributed by atoms with Crippen molar-refractivity contribution in [2.75, 3.05) is 40.0 Å². The van der Waals surface area contributed by atoms with Crippen LogP contribution in [-0.2, 0) is 0 Å². The molecule has 0 spiro atoms. The smallest absolute Gasteiger partial charge is 0.123 e. The average Bonchev–Trinajstić information content (AvgIpc) is 2.45. The van der Waals surface area contributed by atoms with Crippen LogP contribution in [0.4, 0.5) is 4.39 Å².